The van der Waals surface area contributed by atoms with E-state index in [4.69, 9.17) is 4.74 Å². The third-order valence-electron chi connectivity index (χ3n) is 3.14. The molecule has 0 radical (unpaired) electrons. The molecule has 1 atom stereocenters. The number of carbonyl (C=O) groups excluding carboxylic acids is 2. The van der Waals surface area contributed by atoms with E-state index >= 15 is 0 Å². The summed E-state index contributed by atoms with van der Waals surface area (Å²) >= 11 is 1.70. The van der Waals surface area contributed by atoms with E-state index in [0.29, 0.717) is 30.2 Å². The Balaban J connectivity index is 1.74. The summed E-state index contributed by atoms with van der Waals surface area (Å²) in [5.74, 6) is 2.06. The van der Waals surface area contributed by atoms with Gasteiger partial charge in [-0.1, -0.05) is 0 Å². The van der Waals surface area contributed by atoms with E-state index in [1.165, 1.54) is 0 Å². The largest absolute Gasteiger partial charge is 0.491 e. The molecule has 7 heteroatoms. The van der Waals surface area contributed by atoms with Gasteiger partial charge in [0.25, 0.3) is 0 Å². The first-order chi connectivity index (χ1) is 9.72. The fourth-order valence-electron chi connectivity index (χ4n) is 2.09. The Labute approximate surface area is 120 Å². The predicted molar refractivity (Wildman–Crippen MR) is 78.1 cm³/mol. The van der Waals surface area contributed by atoms with E-state index in [1.54, 1.807) is 30.0 Å². The number of hydrogen-bond acceptors (Lipinski definition) is 5. The highest BCUT2D eigenvalue weighted by molar-refractivity contribution is 7.99. The minimum absolute atomic E-state index is 0.0594. The van der Waals surface area contributed by atoms with Crippen molar-refractivity contribution in [1.29, 1.82) is 0 Å². The molecule has 1 aromatic carbocycles. The number of nitrogens with one attached hydrogen (secondary N) is 3. The van der Waals surface area contributed by atoms with Crippen LogP contribution in [0.3, 0.4) is 0 Å². The molecule has 1 aromatic rings. The Morgan fingerprint density at radius 2 is 2.35 bits per heavy atom. The highest BCUT2D eigenvalue weighted by Crippen LogP contribution is 2.30. The molecular formula is C13H15N3O3S. The molecule has 20 heavy (non-hydrogen) atoms. The Morgan fingerprint density at radius 3 is 3.15 bits per heavy atom. The zero-order valence-electron chi connectivity index (χ0n) is 10.8. The van der Waals surface area contributed by atoms with Gasteiger partial charge in [0.2, 0.25) is 11.8 Å². The summed E-state index contributed by atoms with van der Waals surface area (Å²) < 4.78 is 5.47. The molecule has 3 N–H and O–H groups in total. The number of thioether (sulfide) groups is 1. The van der Waals surface area contributed by atoms with Gasteiger partial charge in [0.1, 0.15) is 5.75 Å². The minimum Gasteiger partial charge on any atom is -0.491 e. The number of fused-ring (bicyclic) bond motifs is 1. The first-order valence-corrected chi connectivity index (χ1v) is 7.56. The third-order valence-corrected chi connectivity index (χ3v) is 4.08. The van der Waals surface area contributed by atoms with Crippen molar-refractivity contribution in [1.82, 2.24) is 5.32 Å². The molecule has 3 rings (SSSR count). The highest BCUT2D eigenvalue weighted by atomic mass is 32.2. The maximum atomic E-state index is 12.0. The van der Waals surface area contributed by atoms with Gasteiger partial charge in [0.05, 0.1) is 24.8 Å². The van der Waals surface area contributed by atoms with Gasteiger partial charge in [0.15, 0.2) is 0 Å². The van der Waals surface area contributed by atoms with Crippen LogP contribution in [0.5, 0.6) is 5.75 Å². The van der Waals surface area contributed by atoms with Crippen molar-refractivity contribution in [3.63, 3.8) is 0 Å². The van der Waals surface area contributed by atoms with E-state index in [1.807, 2.05) is 0 Å². The summed E-state index contributed by atoms with van der Waals surface area (Å²) in [4.78, 5) is 23.5. The van der Waals surface area contributed by atoms with E-state index in [2.05, 4.69) is 16.0 Å². The van der Waals surface area contributed by atoms with Crippen molar-refractivity contribution in [3.8, 4) is 5.75 Å². The lowest BCUT2D eigenvalue weighted by molar-refractivity contribution is -0.117. The van der Waals surface area contributed by atoms with Crippen molar-refractivity contribution in [2.75, 3.05) is 28.9 Å². The van der Waals surface area contributed by atoms with Crippen molar-refractivity contribution in [3.05, 3.63) is 18.2 Å². The van der Waals surface area contributed by atoms with Gasteiger partial charge in [-0.05, 0) is 18.2 Å². The monoisotopic (exact) mass is 293 g/mol. The van der Waals surface area contributed by atoms with E-state index in [9.17, 15) is 9.59 Å². The average Bonchev–Trinajstić information content (AvgIpc) is 2.89. The second-order valence-corrected chi connectivity index (χ2v) is 5.65. The molecule has 1 saturated heterocycles. The summed E-state index contributed by atoms with van der Waals surface area (Å²) in [6.07, 6.45) is 0.333. The highest BCUT2D eigenvalue weighted by Gasteiger charge is 2.23. The molecular weight excluding hydrogens is 278 g/mol. The van der Waals surface area contributed by atoms with Gasteiger partial charge in [-0.2, -0.15) is 0 Å². The molecule has 1 fully saturated rings. The normalized spacial score (nSPS) is 21.4. The number of carbonyl (C=O) groups is 2. The topological polar surface area (TPSA) is 79.5 Å². The number of hydrogen-bond donors (Lipinski definition) is 3. The molecule has 0 aliphatic carbocycles. The van der Waals surface area contributed by atoms with Gasteiger partial charge in [-0.25, -0.2) is 0 Å². The zero-order valence-corrected chi connectivity index (χ0v) is 11.6. The van der Waals surface area contributed by atoms with Crippen LogP contribution >= 0.6 is 11.8 Å². The van der Waals surface area contributed by atoms with Crippen LogP contribution in [0, 0.1) is 0 Å². The van der Waals surface area contributed by atoms with Gasteiger partial charge in [-0.15, -0.1) is 11.8 Å². The molecule has 0 bridgehead atoms. The smallest absolute Gasteiger partial charge is 0.242 e. The standard InChI is InChI=1S/C13H15N3O3S/c17-12-3-4-19-11-2-1-8(5-9(11)16-12)15-13(18)10-6-20-7-14-10/h1-2,5,10,14H,3-4,6-7H2,(H,15,18)(H,16,17). The Hall–Kier alpha value is -1.73. The summed E-state index contributed by atoms with van der Waals surface area (Å²) in [7, 11) is 0. The fourth-order valence-corrected chi connectivity index (χ4v) is 3.03. The van der Waals surface area contributed by atoms with Crippen molar-refractivity contribution < 1.29 is 14.3 Å². The summed E-state index contributed by atoms with van der Waals surface area (Å²) in [5, 5.41) is 8.73. The second-order valence-electron chi connectivity index (χ2n) is 4.62. The molecule has 0 aromatic heterocycles. The molecule has 2 aliphatic rings. The first kappa shape index (κ1) is 13.3. The van der Waals surface area contributed by atoms with Crippen LogP contribution in [0.15, 0.2) is 18.2 Å². The van der Waals surface area contributed by atoms with E-state index < -0.39 is 0 Å². The maximum absolute atomic E-state index is 12.0. The molecule has 2 amide bonds. The lowest BCUT2D eigenvalue weighted by atomic mass is 10.2. The molecule has 2 aliphatic heterocycles. The van der Waals surface area contributed by atoms with E-state index in [-0.39, 0.29) is 17.9 Å². The van der Waals surface area contributed by atoms with Crippen LogP contribution in [-0.4, -0.2) is 36.1 Å². The van der Waals surface area contributed by atoms with Crippen molar-refractivity contribution >= 4 is 35.0 Å². The van der Waals surface area contributed by atoms with Crippen LogP contribution in [0.4, 0.5) is 11.4 Å². The van der Waals surface area contributed by atoms with Crippen molar-refractivity contribution in [2.24, 2.45) is 0 Å². The maximum Gasteiger partial charge on any atom is 0.242 e. The quantitative estimate of drug-likeness (QED) is 0.758. The summed E-state index contributed by atoms with van der Waals surface area (Å²) in [6.45, 7) is 0.369. The molecule has 1 unspecified atom stereocenters. The van der Waals surface area contributed by atoms with Gasteiger partial charge >= 0.3 is 0 Å². The van der Waals surface area contributed by atoms with Crippen LogP contribution in [0.2, 0.25) is 0 Å². The van der Waals surface area contributed by atoms with Gasteiger partial charge in [0, 0.05) is 17.3 Å². The summed E-state index contributed by atoms with van der Waals surface area (Å²) in [6, 6.07) is 5.09. The predicted octanol–water partition coefficient (Wildman–Crippen LogP) is 1.01. The lowest BCUT2D eigenvalue weighted by Gasteiger charge is -2.13. The third kappa shape index (κ3) is 2.88. The number of rotatable bonds is 2. The van der Waals surface area contributed by atoms with Crippen LogP contribution in [-0.2, 0) is 9.59 Å². The molecule has 106 valence electrons. The minimum atomic E-state index is -0.162. The van der Waals surface area contributed by atoms with Crippen LogP contribution in [0.25, 0.3) is 0 Å². The number of anilines is 2. The zero-order chi connectivity index (χ0) is 13.9. The molecule has 0 spiro atoms. The van der Waals surface area contributed by atoms with Crippen molar-refractivity contribution in [2.45, 2.75) is 12.5 Å². The van der Waals surface area contributed by atoms with Gasteiger partial charge in [-0.3, -0.25) is 14.9 Å². The van der Waals surface area contributed by atoms with Crippen LogP contribution in [0.1, 0.15) is 6.42 Å². The number of benzene rings is 1. The number of amides is 2. The lowest BCUT2D eigenvalue weighted by Crippen LogP contribution is -2.37. The Bertz CT molecular complexity index is 544. The average molecular weight is 293 g/mol. The molecule has 2 heterocycles. The van der Waals surface area contributed by atoms with Gasteiger partial charge < -0.3 is 15.4 Å². The number of ether oxygens (including phenoxy) is 1. The second kappa shape index (κ2) is 5.72. The SMILES string of the molecule is O=C1CCOc2ccc(NC(=O)C3CSCN3)cc2N1. The molecule has 6 nitrogen and oxygen atoms in total. The first-order valence-electron chi connectivity index (χ1n) is 6.41. The molecule has 0 saturated carbocycles. The Morgan fingerprint density at radius 1 is 1.45 bits per heavy atom. The summed E-state index contributed by atoms with van der Waals surface area (Å²) in [5.41, 5.74) is 1.25. The van der Waals surface area contributed by atoms with E-state index in [0.717, 1.165) is 11.6 Å². The van der Waals surface area contributed by atoms with Crippen LogP contribution < -0.4 is 20.7 Å². The Kier molecular flexibility index (Phi) is 3.79. The fraction of sp³-hybridized carbons (Fsp3) is 0.385.